The minimum Gasteiger partial charge on any atom is -0.384 e. The molecule has 1 saturated carbocycles. The number of hydrogen-bond donors (Lipinski definition) is 1. The predicted octanol–water partition coefficient (Wildman–Crippen LogP) is 1.11. The normalized spacial score (nSPS) is 19.8. The molecule has 1 aliphatic carbocycles. The number of piperazine rings is 1. The van der Waals surface area contributed by atoms with Crippen molar-refractivity contribution in [1.29, 1.82) is 0 Å². The van der Waals surface area contributed by atoms with Gasteiger partial charge in [0, 0.05) is 43.6 Å². The number of nitrogens with zero attached hydrogens (tertiary/aromatic N) is 3. The molecule has 0 aromatic carbocycles. The summed E-state index contributed by atoms with van der Waals surface area (Å²) < 4.78 is 2.28. The maximum absolute atomic E-state index is 12.8. The maximum Gasteiger partial charge on any atom is 0.255 e. The lowest BCUT2D eigenvalue weighted by atomic mass is 10.2. The van der Waals surface area contributed by atoms with Crippen LogP contribution in [0.5, 0.6) is 0 Å². The number of aromatic nitrogens is 1. The topological polar surface area (TPSA) is 65.8 Å². The van der Waals surface area contributed by atoms with E-state index in [1.54, 1.807) is 4.90 Å². The summed E-state index contributed by atoms with van der Waals surface area (Å²) in [4.78, 5) is 28.0. The van der Waals surface area contributed by atoms with Gasteiger partial charge >= 0.3 is 0 Å². The molecule has 23 heavy (non-hydrogen) atoms. The van der Waals surface area contributed by atoms with Crippen molar-refractivity contribution in [3.63, 3.8) is 0 Å². The monoisotopic (exact) mass is 319 g/mol. The van der Waals surface area contributed by atoms with Crippen LogP contribution in [0.25, 0.3) is 0 Å². The van der Waals surface area contributed by atoms with Crippen LogP contribution in [0.1, 0.15) is 47.6 Å². The number of aryl methyl sites for hydroxylation is 1. The van der Waals surface area contributed by atoms with Crippen LogP contribution in [0.15, 0.2) is 6.07 Å². The molecule has 1 N–H and O–H groups in total. The summed E-state index contributed by atoms with van der Waals surface area (Å²) in [7, 11) is 0. The minimum absolute atomic E-state index is 0.0501. The van der Waals surface area contributed by atoms with Crippen molar-refractivity contribution in [3.05, 3.63) is 23.0 Å². The standard InChI is InChI=1S/C17H25N3O3/c1-11-10-15(12(2)20(11)14-4-5-14)17(23)19-8-6-18(7-9-19)16(22)13(3)21/h10,13-14,21H,4-9H2,1-3H3. The second-order valence-electron chi connectivity index (χ2n) is 6.68. The Labute approximate surface area is 136 Å². The average molecular weight is 319 g/mol. The lowest BCUT2D eigenvalue weighted by Gasteiger charge is -2.35. The highest BCUT2D eigenvalue weighted by molar-refractivity contribution is 5.96. The highest BCUT2D eigenvalue weighted by atomic mass is 16.3. The quantitative estimate of drug-likeness (QED) is 0.907. The van der Waals surface area contributed by atoms with Crippen LogP contribution in [0, 0.1) is 13.8 Å². The molecule has 1 unspecified atom stereocenters. The van der Waals surface area contributed by atoms with Crippen LogP contribution in [0.3, 0.4) is 0 Å². The summed E-state index contributed by atoms with van der Waals surface area (Å²) >= 11 is 0. The Balaban J connectivity index is 1.68. The summed E-state index contributed by atoms with van der Waals surface area (Å²) in [5, 5.41) is 9.38. The second-order valence-corrected chi connectivity index (χ2v) is 6.68. The van der Waals surface area contributed by atoms with Crippen molar-refractivity contribution in [3.8, 4) is 0 Å². The minimum atomic E-state index is -0.977. The summed E-state index contributed by atoms with van der Waals surface area (Å²) in [6, 6.07) is 2.56. The molecule has 1 aliphatic heterocycles. The largest absolute Gasteiger partial charge is 0.384 e. The van der Waals surface area contributed by atoms with Crippen molar-refractivity contribution in [2.75, 3.05) is 26.2 Å². The maximum atomic E-state index is 12.8. The van der Waals surface area contributed by atoms with Gasteiger partial charge in [-0.2, -0.15) is 0 Å². The smallest absolute Gasteiger partial charge is 0.255 e. The molecule has 1 aromatic heterocycles. The fourth-order valence-electron chi connectivity index (χ4n) is 3.45. The van der Waals surface area contributed by atoms with Gasteiger partial charge in [-0.1, -0.05) is 0 Å². The van der Waals surface area contributed by atoms with Gasteiger partial charge in [0.15, 0.2) is 0 Å². The van der Waals surface area contributed by atoms with Crippen LogP contribution < -0.4 is 0 Å². The van der Waals surface area contributed by atoms with E-state index in [-0.39, 0.29) is 11.8 Å². The third-order valence-electron chi connectivity index (χ3n) is 4.86. The Kier molecular flexibility index (Phi) is 4.19. The first-order chi connectivity index (χ1) is 10.9. The Morgan fingerprint density at radius 2 is 1.70 bits per heavy atom. The first-order valence-corrected chi connectivity index (χ1v) is 8.34. The number of hydrogen-bond acceptors (Lipinski definition) is 3. The van der Waals surface area contributed by atoms with E-state index >= 15 is 0 Å². The van der Waals surface area contributed by atoms with Crippen LogP contribution in [-0.2, 0) is 4.79 Å². The van der Waals surface area contributed by atoms with E-state index in [4.69, 9.17) is 0 Å². The van der Waals surface area contributed by atoms with E-state index in [9.17, 15) is 14.7 Å². The fourth-order valence-corrected chi connectivity index (χ4v) is 3.45. The lowest BCUT2D eigenvalue weighted by molar-refractivity contribution is -0.140. The van der Waals surface area contributed by atoms with Gasteiger partial charge < -0.3 is 19.5 Å². The molecule has 3 rings (SSSR count). The molecule has 0 radical (unpaired) electrons. The van der Waals surface area contributed by atoms with Gasteiger partial charge in [-0.3, -0.25) is 9.59 Å². The third kappa shape index (κ3) is 3.00. The molecular formula is C17H25N3O3. The summed E-state index contributed by atoms with van der Waals surface area (Å²) in [5.41, 5.74) is 2.98. The predicted molar refractivity (Wildman–Crippen MR) is 86.3 cm³/mol. The molecule has 2 heterocycles. The lowest BCUT2D eigenvalue weighted by Crippen LogP contribution is -2.52. The Bertz CT molecular complexity index is 623. The first kappa shape index (κ1) is 16.1. The highest BCUT2D eigenvalue weighted by Gasteiger charge is 2.31. The number of aliphatic hydroxyl groups excluding tert-OH is 1. The number of carbonyl (C=O) groups is 2. The van der Waals surface area contributed by atoms with E-state index < -0.39 is 6.10 Å². The molecule has 2 amide bonds. The molecule has 2 aliphatic rings. The summed E-state index contributed by atoms with van der Waals surface area (Å²) in [5.74, 6) is -0.210. The first-order valence-electron chi connectivity index (χ1n) is 8.34. The van der Waals surface area contributed by atoms with Crippen molar-refractivity contribution in [2.24, 2.45) is 0 Å². The van der Waals surface area contributed by atoms with E-state index in [2.05, 4.69) is 11.5 Å². The second kappa shape index (κ2) is 6.00. The average Bonchev–Trinajstić information content (AvgIpc) is 3.31. The van der Waals surface area contributed by atoms with Gasteiger partial charge in [-0.25, -0.2) is 0 Å². The van der Waals surface area contributed by atoms with Crippen LogP contribution in [0.2, 0.25) is 0 Å². The van der Waals surface area contributed by atoms with Crippen LogP contribution >= 0.6 is 0 Å². The Morgan fingerprint density at radius 1 is 1.13 bits per heavy atom. The number of carbonyl (C=O) groups excluding carboxylic acids is 2. The van der Waals surface area contributed by atoms with Gasteiger partial charge in [-0.15, -0.1) is 0 Å². The van der Waals surface area contributed by atoms with Gasteiger partial charge in [0.1, 0.15) is 6.10 Å². The summed E-state index contributed by atoms with van der Waals surface area (Å²) in [6.07, 6.45) is 1.42. The molecule has 6 nitrogen and oxygen atoms in total. The van der Waals surface area contributed by atoms with Crippen LogP contribution in [0.4, 0.5) is 0 Å². The zero-order chi connectivity index (χ0) is 16.7. The van der Waals surface area contributed by atoms with E-state index in [1.165, 1.54) is 19.8 Å². The Hall–Kier alpha value is -1.82. The van der Waals surface area contributed by atoms with Gasteiger partial charge in [-0.05, 0) is 39.7 Å². The molecule has 1 saturated heterocycles. The third-order valence-corrected chi connectivity index (χ3v) is 4.86. The summed E-state index contributed by atoms with van der Waals surface area (Å²) in [6.45, 7) is 7.56. The van der Waals surface area contributed by atoms with Crippen molar-refractivity contribution in [1.82, 2.24) is 14.4 Å². The van der Waals surface area contributed by atoms with E-state index in [0.29, 0.717) is 32.2 Å². The van der Waals surface area contributed by atoms with E-state index in [1.807, 2.05) is 17.9 Å². The Morgan fingerprint density at radius 3 is 2.22 bits per heavy atom. The SMILES string of the molecule is Cc1cc(C(=O)N2CCN(C(=O)C(C)O)CC2)c(C)n1C1CC1. The van der Waals surface area contributed by atoms with Gasteiger partial charge in [0.25, 0.3) is 11.8 Å². The highest BCUT2D eigenvalue weighted by Crippen LogP contribution is 2.38. The fraction of sp³-hybridized carbons (Fsp3) is 0.647. The molecule has 0 bridgehead atoms. The zero-order valence-corrected chi connectivity index (χ0v) is 14.1. The van der Waals surface area contributed by atoms with Crippen LogP contribution in [-0.4, -0.2) is 63.6 Å². The van der Waals surface area contributed by atoms with Crippen molar-refractivity contribution < 1.29 is 14.7 Å². The van der Waals surface area contributed by atoms with Crippen molar-refractivity contribution >= 4 is 11.8 Å². The molecule has 6 heteroatoms. The van der Waals surface area contributed by atoms with Gasteiger partial charge in [0.2, 0.25) is 0 Å². The molecule has 1 aromatic rings. The molecule has 1 atom stereocenters. The molecule has 0 spiro atoms. The molecule has 2 fully saturated rings. The van der Waals surface area contributed by atoms with Crippen molar-refractivity contribution in [2.45, 2.75) is 45.8 Å². The molecule has 126 valence electrons. The number of rotatable bonds is 3. The number of amides is 2. The zero-order valence-electron chi connectivity index (χ0n) is 14.1. The molecular weight excluding hydrogens is 294 g/mol. The van der Waals surface area contributed by atoms with Gasteiger partial charge in [0.05, 0.1) is 5.56 Å². The number of aliphatic hydroxyl groups is 1. The van der Waals surface area contributed by atoms with E-state index in [0.717, 1.165) is 17.0 Å².